The highest BCUT2D eigenvalue weighted by molar-refractivity contribution is 9.09. The number of hydrogen-bond acceptors (Lipinski definition) is 2. The van der Waals surface area contributed by atoms with Crippen molar-refractivity contribution in [2.24, 2.45) is 5.16 Å². The molecule has 19 heavy (non-hydrogen) atoms. The molecule has 0 amide bonds. The summed E-state index contributed by atoms with van der Waals surface area (Å²) in [4.78, 5) is 5.31. The molecule has 0 spiro atoms. The van der Waals surface area contributed by atoms with Crippen molar-refractivity contribution in [3.05, 3.63) is 71.8 Å². The number of hydrogen-bond donors (Lipinski definition) is 0. The molecule has 0 fully saturated rings. The third-order valence-electron chi connectivity index (χ3n) is 2.66. The Balaban J connectivity index is 2.17. The molecule has 0 unspecified atom stereocenters. The van der Waals surface area contributed by atoms with Gasteiger partial charge < -0.3 is 4.84 Å². The Labute approximate surface area is 122 Å². The Kier molecular flexibility index (Phi) is 5.63. The van der Waals surface area contributed by atoms with Crippen LogP contribution in [0.25, 0.3) is 0 Å². The number of alkyl halides is 1. The number of oxime groups is 1. The van der Waals surface area contributed by atoms with Gasteiger partial charge in [0.25, 0.3) is 0 Å². The molecule has 3 heteroatoms. The standard InChI is InChI=1S/C16H16BrNO/c17-11-12-19-18-16(15-9-5-2-6-10-15)13-14-7-3-1-4-8-14/h1-10H,11-13H2/b18-16+. The second-order valence-corrected chi connectivity index (χ2v) is 4.88. The smallest absolute Gasteiger partial charge is 0.126 e. The molecule has 0 aliphatic heterocycles. The first-order valence-corrected chi connectivity index (χ1v) is 7.36. The summed E-state index contributed by atoms with van der Waals surface area (Å²) in [5, 5.41) is 5.05. The van der Waals surface area contributed by atoms with Crippen LogP contribution in [-0.4, -0.2) is 17.6 Å². The van der Waals surface area contributed by atoms with E-state index in [0.29, 0.717) is 6.61 Å². The first-order chi connectivity index (χ1) is 9.40. The molecule has 0 radical (unpaired) electrons. The SMILES string of the molecule is BrCCO/N=C(\Cc1ccccc1)c1ccccc1. The number of halogens is 1. The van der Waals surface area contributed by atoms with Crippen LogP contribution in [0.1, 0.15) is 11.1 Å². The first kappa shape index (κ1) is 13.8. The molecule has 0 heterocycles. The zero-order valence-corrected chi connectivity index (χ0v) is 12.2. The van der Waals surface area contributed by atoms with E-state index in [0.717, 1.165) is 23.0 Å². The van der Waals surface area contributed by atoms with Gasteiger partial charge in [-0.2, -0.15) is 0 Å². The molecule has 0 saturated heterocycles. The van der Waals surface area contributed by atoms with Crippen molar-refractivity contribution in [2.75, 3.05) is 11.9 Å². The molecular formula is C16H16BrNO. The maximum atomic E-state index is 5.31. The highest BCUT2D eigenvalue weighted by Gasteiger charge is 2.05. The lowest BCUT2D eigenvalue weighted by molar-refractivity contribution is 0.162. The van der Waals surface area contributed by atoms with E-state index >= 15 is 0 Å². The monoisotopic (exact) mass is 317 g/mol. The zero-order chi connectivity index (χ0) is 13.3. The van der Waals surface area contributed by atoms with Gasteiger partial charge in [-0.05, 0) is 11.1 Å². The van der Waals surface area contributed by atoms with Crippen molar-refractivity contribution in [3.8, 4) is 0 Å². The van der Waals surface area contributed by atoms with Gasteiger partial charge in [-0.1, -0.05) is 81.7 Å². The third-order valence-corrected chi connectivity index (χ3v) is 2.99. The van der Waals surface area contributed by atoms with Gasteiger partial charge in [-0.3, -0.25) is 0 Å². The molecule has 2 rings (SSSR count). The summed E-state index contributed by atoms with van der Waals surface area (Å²) >= 11 is 3.33. The van der Waals surface area contributed by atoms with Gasteiger partial charge in [0.15, 0.2) is 0 Å². The highest BCUT2D eigenvalue weighted by Crippen LogP contribution is 2.09. The lowest BCUT2D eigenvalue weighted by Gasteiger charge is -2.07. The van der Waals surface area contributed by atoms with Crippen molar-refractivity contribution in [1.29, 1.82) is 0 Å². The van der Waals surface area contributed by atoms with E-state index in [1.807, 2.05) is 36.4 Å². The molecule has 0 aliphatic rings. The van der Waals surface area contributed by atoms with E-state index in [-0.39, 0.29) is 0 Å². The molecule has 2 aromatic rings. The van der Waals surface area contributed by atoms with Crippen LogP contribution in [0, 0.1) is 0 Å². The molecule has 0 atom stereocenters. The summed E-state index contributed by atoms with van der Waals surface area (Å²) in [5.74, 6) is 0. The van der Waals surface area contributed by atoms with Crippen molar-refractivity contribution < 1.29 is 4.84 Å². The maximum Gasteiger partial charge on any atom is 0.126 e. The van der Waals surface area contributed by atoms with Crippen LogP contribution in [0.4, 0.5) is 0 Å². The molecule has 0 saturated carbocycles. The minimum atomic E-state index is 0.575. The Hall–Kier alpha value is -1.61. The van der Waals surface area contributed by atoms with Crippen LogP contribution in [0.3, 0.4) is 0 Å². The van der Waals surface area contributed by atoms with Gasteiger partial charge in [0, 0.05) is 11.8 Å². The average molecular weight is 318 g/mol. The van der Waals surface area contributed by atoms with Crippen LogP contribution in [-0.2, 0) is 11.3 Å². The van der Waals surface area contributed by atoms with E-state index in [1.165, 1.54) is 5.56 Å². The van der Waals surface area contributed by atoms with Crippen molar-refractivity contribution in [2.45, 2.75) is 6.42 Å². The van der Waals surface area contributed by atoms with Crippen molar-refractivity contribution in [3.63, 3.8) is 0 Å². The predicted molar refractivity (Wildman–Crippen MR) is 82.9 cm³/mol. The van der Waals surface area contributed by atoms with Crippen molar-refractivity contribution in [1.82, 2.24) is 0 Å². The van der Waals surface area contributed by atoms with E-state index in [4.69, 9.17) is 4.84 Å². The fraction of sp³-hybridized carbons (Fsp3) is 0.188. The molecule has 2 aromatic carbocycles. The largest absolute Gasteiger partial charge is 0.395 e. The summed E-state index contributed by atoms with van der Waals surface area (Å²) < 4.78 is 0. The van der Waals surface area contributed by atoms with E-state index in [9.17, 15) is 0 Å². The van der Waals surface area contributed by atoms with Crippen LogP contribution in [0.2, 0.25) is 0 Å². The highest BCUT2D eigenvalue weighted by atomic mass is 79.9. The Morgan fingerprint density at radius 3 is 2.21 bits per heavy atom. The van der Waals surface area contributed by atoms with Crippen LogP contribution in [0.5, 0.6) is 0 Å². The lowest BCUT2D eigenvalue weighted by atomic mass is 10.0. The summed E-state index contributed by atoms with van der Waals surface area (Å²) in [6.07, 6.45) is 0.771. The minimum absolute atomic E-state index is 0.575. The molecule has 0 aromatic heterocycles. The molecule has 2 nitrogen and oxygen atoms in total. The molecule has 0 N–H and O–H groups in total. The van der Waals surface area contributed by atoms with E-state index in [1.54, 1.807) is 0 Å². The van der Waals surface area contributed by atoms with Gasteiger partial charge in [0.05, 0.1) is 5.71 Å². The minimum Gasteiger partial charge on any atom is -0.395 e. The molecule has 0 bridgehead atoms. The van der Waals surface area contributed by atoms with Gasteiger partial charge in [0.2, 0.25) is 0 Å². The zero-order valence-electron chi connectivity index (χ0n) is 10.6. The molecule has 98 valence electrons. The molecule has 0 aliphatic carbocycles. The second-order valence-electron chi connectivity index (χ2n) is 4.09. The average Bonchev–Trinajstić information content (AvgIpc) is 2.48. The fourth-order valence-electron chi connectivity index (χ4n) is 1.76. The Bertz CT molecular complexity index is 511. The van der Waals surface area contributed by atoms with Crippen LogP contribution in [0.15, 0.2) is 65.8 Å². The van der Waals surface area contributed by atoms with E-state index in [2.05, 4.69) is 45.4 Å². The van der Waals surface area contributed by atoms with E-state index < -0.39 is 0 Å². The van der Waals surface area contributed by atoms with Crippen LogP contribution < -0.4 is 0 Å². The summed E-state index contributed by atoms with van der Waals surface area (Å²) in [7, 11) is 0. The normalized spacial score (nSPS) is 11.3. The molecular weight excluding hydrogens is 302 g/mol. The van der Waals surface area contributed by atoms with Crippen molar-refractivity contribution >= 4 is 21.6 Å². The second kappa shape index (κ2) is 7.74. The lowest BCUT2D eigenvalue weighted by Crippen LogP contribution is -2.07. The Morgan fingerprint density at radius 2 is 1.58 bits per heavy atom. The van der Waals surface area contributed by atoms with Gasteiger partial charge in [-0.15, -0.1) is 0 Å². The number of benzene rings is 2. The van der Waals surface area contributed by atoms with Gasteiger partial charge in [-0.25, -0.2) is 0 Å². The summed E-state index contributed by atoms with van der Waals surface area (Å²) in [6, 6.07) is 20.4. The topological polar surface area (TPSA) is 21.6 Å². The van der Waals surface area contributed by atoms with Crippen LogP contribution >= 0.6 is 15.9 Å². The van der Waals surface area contributed by atoms with Gasteiger partial charge >= 0.3 is 0 Å². The summed E-state index contributed by atoms with van der Waals surface area (Å²) in [5.41, 5.74) is 3.28. The van der Waals surface area contributed by atoms with Gasteiger partial charge in [0.1, 0.15) is 6.61 Å². The number of nitrogens with zero attached hydrogens (tertiary/aromatic N) is 1. The third kappa shape index (κ3) is 4.52. The summed E-state index contributed by atoms with van der Waals surface area (Å²) in [6.45, 7) is 0.575. The quantitative estimate of drug-likeness (QED) is 0.341. The first-order valence-electron chi connectivity index (χ1n) is 6.24. The Morgan fingerprint density at radius 1 is 0.947 bits per heavy atom. The predicted octanol–water partition coefficient (Wildman–Crippen LogP) is 4.04. The fourth-order valence-corrected chi connectivity index (χ4v) is 1.91. The maximum absolute atomic E-state index is 5.31. The number of rotatable bonds is 6.